The average molecular weight is 277 g/mol. The summed E-state index contributed by atoms with van der Waals surface area (Å²) in [6, 6.07) is 0. The van der Waals surface area contributed by atoms with Gasteiger partial charge in [-0.2, -0.15) is 5.10 Å². The number of carbonyl (C=O) groups excluding carboxylic acids is 2. The highest BCUT2D eigenvalue weighted by molar-refractivity contribution is 6.01. The van der Waals surface area contributed by atoms with E-state index in [2.05, 4.69) is 15.5 Å². The summed E-state index contributed by atoms with van der Waals surface area (Å²) in [5.41, 5.74) is 6.66. The molecule has 20 heavy (non-hydrogen) atoms. The zero-order chi connectivity index (χ0) is 14.5. The summed E-state index contributed by atoms with van der Waals surface area (Å²) in [6.45, 7) is 4.37. The number of piperazine rings is 1. The van der Waals surface area contributed by atoms with E-state index in [4.69, 9.17) is 5.73 Å². The fraction of sp³-hybridized carbons (Fsp3) is 0.615. The summed E-state index contributed by atoms with van der Waals surface area (Å²) in [5.74, 6) is -0.0409. The summed E-state index contributed by atoms with van der Waals surface area (Å²) < 4.78 is 0. The highest BCUT2D eigenvalue weighted by Gasteiger charge is 2.42. The summed E-state index contributed by atoms with van der Waals surface area (Å²) in [4.78, 5) is 26.1. The number of aromatic nitrogens is 2. The van der Waals surface area contributed by atoms with Gasteiger partial charge < -0.3 is 16.0 Å². The van der Waals surface area contributed by atoms with Crippen molar-refractivity contribution in [2.45, 2.75) is 38.1 Å². The van der Waals surface area contributed by atoms with Crippen LogP contribution in [-0.2, 0) is 4.79 Å². The fourth-order valence-corrected chi connectivity index (χ4v) is 2.59. The van der Waals surface area contributed by atoms with Gasteiger partial charge >= 0.3 is 0 Å². The second kappa shape index (κ2) is 4.22. The predicted octanol–water partition coefficient (Wildman–Crippen LogP) is 0.220. The Hall–Kier alpha value is -2.05. The number of aromatic amines is 1. The molecule has 1 aliphatic heterocycles. The van der Waals surface area contributed by atoms with Gasteiger partial charge in [0, 0.05) is 19.0 Å². The van der Waals surface area contributed by atoms with E-state index in [9.17, 15) is 9.59 Å². The zero-order valence-corrected chi connectivity index (χ0v) is 11.7. The maximum Gasteiger partial charge on any atom is 0.277 e. The van der Waals surface area contributed by atoms with Gasteiger partial charge in [0.25, 0.3) is 5.91 Å². The number of anilines is 1. The van der Waals surface area contributed by atoms with Gasteiger partial charge in [-0.1, -0.05) is 0 Å². The average Bonchev–Trinajstić information content (AvgIpc) is 3.15. The van der Waals surface area contributed by atoms with Gasteiger partial charge in [-0.05, 0) is 26.7 Å². The van der Waals surface area contributed by atoms with Gasteiger partial charge in [-0.15, -0.1) is 0 Å². The second-order valence-electron chi connectivity index (χ2n) is 5.95. The molecular weight excluding hydrogens is 258 g/mol. The van der Waals surface area contributed by atoms with Crippen molar-refractivity contribution >= 4 is 17.5 Å². The third kappa shape index (κ3) is 1.85. The quantitative estimate of drug-likeness (QED) is 0.719. The summed E-state index contributed by atoms with van der Waals surface area (Å²) >= 11 is 0. The molecule has 2 amide bonds. The molecule has 3 rings (SSSR count). The predicted molar refractivity (Wildman–Crippen MR) is 73.1 cm³/mol. The van der Waals surface area contributed by atoms with Gasteiger partial charge in [0.1, 0.15) is 5.54 Å². The molecule has 0 atom stereocenters. The smallest absolute Gasteiger partial charge is 0.277 e. The third-order valence-corrected chi connectivity index (χ3v) is 4.12. The van der Waals surface area contributed by atoms with Crippen LogP contribution in [0.15, 0.2) is 0 Å². The number of hydrogen-bond acceptors (Lipinski definition) is 4. The number of nitrogens with one attached hydrogen (secondary N) is 2. The molecule has 2 heterocycles. The number of rotatable bonds is 2. The maximum absolute atomic E-state index is 12.6. The topological polar surface area (TPSA) is 104 Å². The van der Waals surface area contributed by atoms with E-state index in [1.165, 1.54) is 4.90 Å². The van der Waals surface area contributed by atoms with Crippen molar-refractivity contribution in [3.8, 4) is 0 Å². The fourth-order valence-electron chi connectivity index (χ4n) is 2.59. The lowest BCUT2D eigenvalue weighted by Crippen LogP contribution is -2.63. The first-order valence-electron chi connectivity index (χ1n) is 6.87. The molecular formula is C13H19N5O2. The Labute approximate surface area is 116 Å². The second-order valence-corrected chi connectivity index (χ2v) is 5.95. The lowest BCUT2D eigenvalue weighted by atomic mass is 9.98. The molecule has 0 bridgehead atoms. The van der Waals surface area contributed by atoms with Crippen molar-refractivity contribution in [1.82, 2.24) is 20.4 Å². The number of hydrogen-bond donors (Lipinski definition) is 3. The molecule has 1 aliphatic carbocycles. The molecule has 1 saturated heterocycles. The van der Waals surface area contributed by atoms with E-state index >= 15 is 0 Å². The van der Waals surface area contributed by atoms with Crippen molar-refractivity contribution in [1.29, 1.82) is 0 Å². The van der Waals surface area contributed by atoms with Gasteiger partial charge in [-0.3, -0.25) is 14.7 Å². The number of H-pyrrole nitrogens is 1. The Balaban J connectivity index is 1.90. The Morgan fingerprint density at radius 1 is 1.45 bits per heavy atom. The minimum absolute atomic E-state index is 0.159. The monoisotopic (exact) mass is 277 g/mol. The first kappa shape index (κ1) is 13.0. The largest absolute Gasteiger partial charge is 0.395 e. The molecule has 0 aromatic carbocycles. The highest BCUT2D eigenvalue weighted by Crippen LogP contribution is 2.42. The van der Waals surface area contributed by atoms with Crippen molar-refractivity contribution in [2.24, 2.45) is 0 Å². The molecule has 0 unspecified atom stereocenters. The van der Waals surface area contributed by atoms with Gasteiger partial charge in [0.05, 0.1) is 11.4 Å². The Bertz CT molecular complexity index is 573. The van der Waals surface area contributed by atoms with Crippen LogP contribution < -0.4 is 11.1 Å². The molecule has 7 heteroatoms. The van der Waals surface area contributed by atoms with Crippen LogP contribution in [0.2, 0.25) is 0 Å². The first-order chi connectivity index (χ1) is 9.43. The highest BCUT2D eigenvalue weighted by atomic mass is 16.2. The lowest BCUT2D eigenvalue weighted by molar-refractivity contribution is -0.133. The number of nitrogen functional groups attached to an aromatic ring is 1. The van der Waals surface area contributed by atoms with E-state index < -0.39 is 5.54 Å². The Kier molecular flexibility index (Phi) is 2.74. The maximum atomic E-state index is 12.6. The normalized spacial score (nSPS) is 21.7. The number of nitrogens with zero attached hydrogens (tertiary/aromatic N) is 2. The SMILES string of the molecule is CC1(C)C(=O)NCCN1C(=O)c1n[nH]c(C2CC2)c1N. The van der Waals surface area contributed by atoms with Crippen LogP contribution in [0, 0.1) is 0 Å². The molecule has 2 aliphatic rings. The standard InChI is InChI=1S/C13H19N5O2/c1-13(2)12(20)15-5-6-18(13)11(19)10-8(14)9(16-17-10)7-3-4-7/h7H,3-6,14H2,1-2H3,(H,15,20)(H,16,17). The van der Waals surface area contributed by atoms with E-state index in [0.29, 0.717) is 24.7 Å². The van der Waals surface area contributed by atoms with Crippen LogP contribution in [0.4, 0.5) is 5.69 Å². The molecule has 1 aromatic heterocycles. The van der Waals surface area contributed by atoms with Gasteiger partial charge in [-0.25, -0.2) is 0 Å². The van der Waals surface area contributed by atoms with E-state index in [0.717, 1.165) is 18.5 Å². The molecule has 0 spiro atoms. The van der Waals surface area contributed by atoms with Crippen molar-refractivity contribution in [3.63, 3.8) is 0 Å². The molecule has 108 valence electrons. The molecule has 1 saturated carbocycles. The summed E-state index contributed by atoms with van der Waals surface area (Å²) in [5, 5.41) is 9.71. The molecule has 0 radical (unpaired) electrons. The van der Waals surface area contributed by atoms with E-state index in [1.807, 2.05) is 0 Å². The minimum Gasteiger partial charge on any atom is -0.395 e. The van der Waals surface area contributed by atoms with Gasteiger partial charge in [0.2, 0.25) is 5.91 Å². The van der Waals surface area contributed by atoms with Crippen LogP contribution in [0.5, 0.6) is 0 Å². The number of carbonyl (C=O) groups is 2. The summed E-state index contributed by atoms with van der Waals surface area (Å²) in [6.07, 6.45) is 2.16. The molecule has 2 fully saturated rings. The Morgan fingerprint density at radius 3 is 2.80 bits per heavy atom. The van der Waals surface area contributed by atoms with Crippen LogP contribution in [0.1, 0.15) is 48.8 Å². The van der Waals surface area contributed by atoms with Crippen molar-refractivity contribution < 1.29 is 9.59 Å². The number of nitrogens with two attached hydrogens (primary N) is 1. The van der Waals surface area contributed by atoms with Crippen molar-refractivity contribution in [2.75, 3.05) is 18.8 Å². The van der Waals surface area contributed by atoms with E-state index in [1.54, 1.807) is 13.8 Å². The lowest BCUT2D eigenvalue weighted by Gasteiger charge is -2.40. The summed E-state index contributed by atoms with van der Waals surface area (Å²) in [7, 11) is 0. The Morgan fingerprint density at radius 2 is 2.15 bits per heavy atom. The van der Waals surface area contributed by atoms with Crippen LogP contribution in [0.25, 0.3) is 0 Å². The number of amides is 2. The molecule has 1 aromatic rings. The van der Waals surface area contributed by atoms with E-state index in [-0.39, 0.29) is 17.5 Å². The van der Waals surface area contributed by atoms with Crippen LogP contribution in [-0.4, -0.2) is 45.5 Å². The zero-order valence-electron chi connectivity index (χ0n) is 11.7. The van der Waals surface area contributed by atoms with Crippen LogP contribution >= 0.6 is 0 Å². The molecule has 7 nitrogen and oxygen atoms in total. The first-order valence-corrected chi connectivity index (χ1v) is 6.87. The molecule has 4 N–H and O–H groups in total. The third-order valence-electron chi connectivity index (χ3n) is 4.12. The van der Waals surface area contributed by atoms with Gasteiger partial charge in [0.15, 0.2) is 5.69 Å². The minimum atomic E-state index is -0.888. The van der Waals surface area contributed by atoms with Crippen LogP contribution in [0.3, 0.4) is 0 Å². The van der Waals surface area contributed by atoms with Crippen molar-refractivity contribution in [3.05, 3.63) is 11.4 Å².